The van der Waals surface area contributed by atoms with Gasteiger partial charge in [0.2, 0.25) is 0 Å². The molecule has 0 aliphatic heterocycles. The average Bonchev–Trinajstić information content (AvgIpc) is 2.93. The molecule has 94 valence electrons. The molecule has 0 aliphatic rings. The maximum Gasteiger partial charge on any atom is 0.252 e. The summed E-state index contributed by atoms with van der Waals surface area (Å²) in [6.07, 6.45) is 1.45. The van der Waals surface area contributed by atoms with Gasteiger partial charge in [0.1, 0.15) is 12.4 Å². The smallest absolute Gasteiger partial charge is 0.252 e. The predicted molar refractivity (Wildman–Crippen MR) is 67.5 cm³/mol. The van der Waals surface area contributed by atoms with Gasteiger partial charge in [-0.2, -0.15) is 10.5 Å². The van der Waals surface area contributed by atoms with Crippen molar-refractivity contribution in [3.8, 4) is 12.1 Å². The molecule has 1 unspecified atom stereocenters. The first-order valence-corrected chi connectivity index (χ1v) is 5.69. The number of hydrogen-bond donors (Lipinski definition) is 1. The molecule has 1 atom stereocenters. The van der Waals surface area contributed by atoms with Crippen LogP contribution in [0.5, 0.6) is 0 Å². The summed E-state index contributed by atoms with van der Waals surface area (Å²) < 4.78 is 1.49. The summed E-state index contributed by atoms with van der Waals surface area (Å²) in [6.45, 7) is 0.276. The van der Waals surface area contributed by atoms with Crippen molar-refractivity contribution in [2.45, 2.75) is 12.1 Å². The summed E-state index contributed by atoms with van der Waals surface area (Å²) in [6, 6.07) is 13.5. The van der Waals surface area contributed by atoms with Crippen molar-refractivity contribution < 1.29 is 0 Å². The summed E-state index contributed by atoms with van der Waals surface area (Å²) in [5.41, 5.74) is -0.0594. The second kappa shape index (κ2) is 5.30. The molecule has 0 aliphatic carbocycles. The fourth-order valence-electron chi connectivity index (χ4n) is 1.86. The Bertz CT molecular complexity index is 633. The normalized spacial score (nSPS) is 13.2. The molecule has 0 spiro atoms. The minimum atomic E-state index is -0.901. The summed E-state index contributed by atoms with van der Waals surface area (Å²) in [5, 5.41) is 25.2. The number of benzene rings is 1. The minimum Gasteiger partial charge on any atom is -0.297 e. The van der Waals surface area contributed by atoms with E-state index in [-0.39, 0.29) is 12.4 Å². The van der Waals surface area contributed by atoms with Crippen molar-refractivity contribution in [3.63, 3.8) is 0 Å². The Hall–Kier alpha value is -2.70. The first-order valence-electron chi connectivity index (χ1n) is 5.69. The SMILES string of the molecule is CNC(C#N)(Cn1cnc(C#N)n1)c1ccccc1. The molecule has 0 saturated carbocycles. The molecular formula is C13H12N6. The fourth-order valence-corrected chi connectivity index (χ4v) is 1.86. The molecule has 0 bridgehead atoms. The van der Waals surface area contributed by atoms with Gasteiger partial charge in [-0.25, -0.2) is 9.67 Å². The molecule has 1 aromatic heterocycles. The van der Waals surface area contributed by atoms with E-state index in [0.717, 1.165) is 5.56 Å². The molecule has 0 amide bonds. The van der Waals surface area contributed by atoms with Crippen molar-refractivity contribution in [1.29, 1.82) is 10.5 Å². The van der Waals surface area contributed by atoms with Crippen molar-refractivity contribution in [2.24, 2.45) is 0 Å². The van der Waals surface area contributed by atoms with Gasteiger partial charge in [-0.3, -0.25) is 5.32 Å². The molecular weight excluding hydrogens is 240 g/mol. The Labute approximate surface area is 110 Å². The van der Waals surface area contributed by atoms with Crippen LogP contribution in [0.2, 0.25) is 0 Å². The zero-order valence-electron chi connectivity index (χ0n) is 10.4. The third kappa shape index (κ3) is 2.44. The highest BCUT2D eigenvalue weighted by atomic mass is 15.3. The quantitative estimate of drug-likeness (QED) is 0.868. The minimum absolute atomic E-state index is 0.0935. The number of likely N-dealkylation sites (N-methyl/N-ethyl adjacent to an activating group) is 1. The maximum atomic E-state index is 9.52. The molecule has 6 heteroatoms. The van der Waals surface area contributed by atoms with E-state index < -0.39 is 5.54 Å². The monoisotopic (exact) mass is 252 g/mol. The zero-order valence-corrected chi connectivity index (χ0v) is 10.4. The van der Waals surface area contributed by atoms with Crippen molar-refractivity contribution >= 4 is 0 Å². The molecule has 0 radical (unpaired) electrons. The lowest BCUT2D eigenvalue weighted by atomic mass is 9.91. The number of nitrogens with one attached hydrogen (secondary N) is 1. The first kappa shape index (κ1) is 12.7. The number of nitrogens with zero attached hydrogens (tertiary/aromatic N) is 5. The topological polar surface area (TPSA) is 90.3 Å². The number of nitriles is 2. The van der Waals surface area contributed by atoms with E-state index in [1.807, 2.05) is 36.4 Å². The van der Waals surface area contributed by atoms with E-state index >= 15 is 0 Å². The third-order valence-electron chi connectivity index (χ3n) is 2.92. The molecule has 2 rings (SSSR count). The van der Waals surface area contributed by atoms with Crippen LogP contribution in [0, 0.1) is 22.7 Å². The van der Waals surface area contributed by atoms with Crippen LogP contribution in [-0.2, 0) is 12.1 Å². The molecule has 6 nitrogen and oxygen atoms in total. The third-order valence-corrected chi connectivity index (χ3v) is 2.92. The van der Waals surface area contributed by atoms with Gasteiger partial charge in [-0.05, 0) is 12.6 Å². The average molecular weight is 252 g/mol. The lowest BCUT2D eigenvalue weighted by molar-refractivity contribution is 0.376. The summed E-state index contributed by atoms with van der Waals surface area (Å²) in [4.78, 5) is 3.83. The van der Waals surface area contributed by atoms with E-state index in [2.05, 4.69) is 21.5 Å². The van der Waals surface area contributed by atoms with Crippen molar-refractivity contribution in [1.82, 2.24) is 20.1 Å². The lowest BCUT2D eigenvalue weighted by Crippen LogP contribution is -2.42. The molecule has 2 aromatic rings. The lowest BCUT2D eigenvalue weighted by Gasteiger charge is -2.26. The Morgan fingerprint density at radius 2 is 2.05 bits per heavy atom. The number of hydrogen-bond acceptors (Lipinski definition) is 5. The van der Waals surface area contributed by atoms with Gasteiger partial charge in [0, 0.05) is 0 Å². The standard InChI is InChI=1S/C13H12N6/c1-16-13(8-15,11-5-3-2-4-6-11)9-19-10-17-12(7-14)18-19/h2-6,10,16H,9H2,1H3. The van der Waals surface area contributed by atoms with Crippen molar-refractivity contribution in [3.05, 3.63) is 48.0 Å². The zero-order chi connectivity index (χ0) is 13.7. The van der Waals surface area contributed by atoms with E-state index in [1.165, 1.54) is 11.0 Å². The second-order valence-corrected chi connectivity index (χ2v) is 4.01. The van der Waals surface area contributed by atoms with E-state index in [0.29, 0.717) is 0 Å². The first-order chi connectivity index (χ1) is 9.24. The molecule has 19 heavy (non-hydrogen) atoms. The van der Waals surface area contributed by atoms with Gasteiger partial charge in [0.25, 0.3) is 5.82 Å². The van der Waals surface area contributed by atoms with E-state index in [1.54, 1.807) is 7.05 Å². The fraction of sp³-hybridized carbons (Fsp3) is 0.231. The Balaban J connectivity index is 2.36. The largest absolute Gasteiger partial charge is 0.297 e. The van der Waals surface area contributed by atoms with Crippen LogP contribution >= 0.6 is 0 Å². The van der Waals surface area contributed by atoms with Crippen LogP contribution in [0.1, 0.15) is 11.4 Å². The summed E-state index contributed by atoms with van der Waals surface area (Å²) in [5.74, 6) is 0.0935. The summed E-state index contributed by atoms with van der Waals surface area (Å²) >= 11 is 0. The Morgan fingerprint density at radius 1 is 1.32 bits per heavy atom. The van der Waals surface area contributed by atoms with Crippen LogP contribution in [0.15, 0.2) is 36.7 Å². The van der Waals surface area contributed by atoms with Gasteiger partial charge in [0.05, 0.1) is 12.6 Å². The van der Waals surface area contributed by atoms with Gasteiger partial charge >= 0.3 is 0 Å². The predicted octanol–water partition coefficient (Wildman–Crippen LogP) is 0.788. The van der Waals surface area contributed by atoms with Gasteiger partial charge in [-0.15, -0.1) is 5.10 Å². The van der Waals surface area contributed by atoms with Gasteiger partial charge < -0.3 is 0 Å². The number of rotatable bonds is 4. The molecule has 0 fully saturated rings. The highest BCUT2D eigenvalue weighted by Crippen LogP contribution is 2.21. The highest BCUT2D eigenvalue weighted by Gasteiger charge is 2.31. The highest BCUT2D eigenvalue weighted by molar-refractivity contribution is 5.31. The van der Waals surface area contributed by atoms with Crippen LogP contribution in [0.25, 0.3) is 0 Å². The van der Waals surface area contributed by atoms with Gasteiger partial charge in [-0.1, -0.05) is 30.3 Å². The van der Waals surface area contributed by atoms with E-state index in [4.69, 9.17) is 5.26 Å². The van der Waals surface area contributed by atoms with Crippen LogP contribution in [0.4, 0.5) is 0 Å². The molecule has 1 N–H and O–H groups in total. The Morgan fingerprint density at radius 3 is 2.58 bits per heavy atom. The Kier molecular flexibility index (Phi) is 3.56. The van der Waals surface area contributed by atoms with Crippen LogP contribution in [-0.4, -0.2) is 21.8 Å². The van der Waals surface area contributed by atoms with Crippen molar-refractivity contribution in [2.75, 3.05) is 7.05 Å². The molecule has 1 heterocycles. The van der Waals surface area contributed by atoms with Crippen LogP contribution in [0.3, 0.4) is 0 Å². The van der Waals surface area contributed by atoms with Crippen LogP contribution < -0.4 is 5.32 Å². The molecule has 1 aromatic carbocycles. The maximum absolute atomic E-state index is 9.52. The van der Waals surface area contributed by atoms with E-state index in [9.17, 15) is 5.26 Å². The van der Waals surface area contributed by atoms with Gasteiger partial charge in [0.15, 0.2) is 5.54 Å². The second-order valence-electron chi connectivity index (χ2n) is 4.01. The molecule has 0 saturated heterocycles. The summed E-state index contributed by atoms with van der Waals surface area (Å²) in [7, 11) is 1.72. The number of aromatic nitrogens is 3.